The molecule has 0 heterocycles. The van der Waals surface area contributed by atoms with Gasteiger partial charge in [0.05, 0.1) is 18.1 Å². The van der Waals surface area contributed by atoms with Gasteiger partial charge >= 0.3 is 0 Å². The van der Waals surface area contributed by atoms with Gasteiger partial charge in [0.15, 0.2) is 0 Å². The Balaban J connectivity index is 0.00000225. The fraction of sp³-hybridized carbons (Fsp3) is 0.400. The number of rotatable bonds is 4. The Morgan fingerprint density at radius 1 is 1.56 bits per heavy atom. The Hall–Kier alpha value is -1.66. The van der Waals surface area contributed by atoms with Crippen LogP contribution < -0.4 is 10.9 Å². The van der Waals surface area contributed by atoms with E-state index in [4.69, 9.17) is 4.74 Å². The molecule has 4 N–H and O–H groups in total. The van der Waals surface area contributed by atoms with Gasteiger partial charge in [-0.2, -0.15) is 0 Å². The zero-order valence-electron chi connectivity index (χ0n) is 9.34. The summed E-state index contributed by atoms with van der Waals surface area (Å²) in [6.45, 7) is 1.59. The monoisotopic (exact) mass is 228 g/mol. The number of aliphatic hydroxyl groups is 1. The first-order chi connectivity index (χ1) is 7.04. The van der Waals surface area contributed by atoms with E-state index in [-0.39, 0.29) is 18.3 Å². The van der Waals surface area contributed by atoms with Gasteiger partial charge < -0.3 is 16.0 Å². The van der Waals surface area contributed by atoms with Crippen LogP contribution in [-0.4, -0.2) is 23.2 Å². The zero-order valence-corrected chi connectivity index (χ0v) is 9.34. The average molecular weight is 228 g/mol. The Labute approximate surface area is 93.6 Å². The second-order valence-electron chi connectivity index (χ2n) is 3.30. The molecular formula is C10H16N2O4. The Kier molecular flexibility index (Phi) is 5.41. The summed E-state index contributed by atoms with van der Waals surface area (Å²) in [4.78, 5) is 10.2. The minimum absolute atomic E-state index is 0. The predicted octanol–water partition coefficient (Wildman–Crippen LogP) is 1.69. The van der Waals surface area contributed by atoms with Crippen molar-refractivity contribution >= 4 is 5.69 Å². The van der Waals surface area contributed by atoms with Gasteiger partial charge in [-0.3, -0.25) is 10.1 Å². The summed E-state index contributed by atoms with van der Waals surface area (Å²) in [7, 11) is 1.49. The first kappa shape index (κ1) is 14.3. The quantitative estimate of drug-likeness (QED) is 0.602. The molecule has 0 saturated heterocycles. The number of nitrogens with zero attached hydrogens (tertiary/aromatic N) is 1. The molecular weight excluding hydrogens is 212 g/mol. The van der Waals surface area contributed by atoms with Gasteiger partial charge in [0, 0.05) is 18.1 Å². The molecule has 16 heavy (non-hydrogen) atoms. The van der Waals surface area contributed by atoms with Crippen molar-refractivity contribution in [3.63, 3.8) is 0 Å². The van der Waals surface area contributed by atoms with Crippen molar-refractivity contribution < 1.29 is 14.8 Å². The van der Waals surface area contributed by atoms with Crippen molar-refractivity contribution in [1.29, 1.82) is 0 Å². The summed E-state index contributed by atoms with van der Waals surface area (Å²) < 4.78 is 4.97. The van der Waals surface area contributed by atoms with Crippen LogP contribution in [0.5, 0.6) is 5.75 Å². The molecule has 0 radical (unpaired) electrons. The van der Waals surface area contributed by atoms with Gasteiger partial charge in [0.1, 0.15) is 5.75 Å². The first-order valence-corrected chi connectivity index (χ1v) is 4.54. The maximum absolute atomic E-state index is 10.7. The highest BCUT2D eigenvalue weighted by Crippen LogP contribution is 2.24. The van der Waals surface area contributed by atoms with Crippen LogP contribution in [0, 0.1) is 10.1 Å². The van der Waals surface area contributed by atoms with E-state index in [2.05, 4.69) is 0 Å². The summed E-state index contributed by atoms with van der Waals surface area (Å²) in [6.07, 6.45) is -0.371. The molecule has 1 aromatic rings. The van der Waals surface area contributed by atoms with E-state index in [1.54, 1.807) is 13.0 Å². The number of hydrogen-bond acceptors (Lipinski definition) is 5. The molecule has 90 valence electrons. The number of ether oxygens (including phenoxy) is 1. The molecule has 0 bridgehead atoms. The number of nitro benzene ring substituents is 1. The fourth-order valence-corrected chi connectivity index (χ4v) is 1.35. The molecule has 0 aliphatic heterocycles. The highest BCUT2D eigenvalue weighted by Gasteiger charge is 2.15. The van der Waals surface area contributed by atoms with E-state index >= 15 is 0 Å². The van der Waals surface area contributed by atoms with Crippen LogP contribution in [0.2, 0.25) is 0 Å². The maximum atomic E-state index is 10.7. The molecule has 0 fully saturated rings. The van der Waals surface area contributed by atoms with Crippen molar-refractivity contribution in [3.05, 3.63) is 33.9 Å². The fourth-order valence-electron chi connectivity index (χ4n) is 1.35. The predicted molar refractivity (Wildman–Crippen MR) is 60.1 cm³/mol. The summed E-state index contributed by atoms with van der Waals surface area (Å²) in [6, 6.07) is 4.49. The molecule has 0 amide bonds. The lowest BCUT2D eigenvalue weighted by atomic mass is 10.1. The molecule has 6 nitrogen and oxygen atoms in total. The van der Waals surface area contributed by atoms with Crippen LogP contribution in [0.4, 0.5) is 5.69 Å². The summed E-state index contributed by atoms with van der Waals surface area (Å²) in [5.74, 6) is 0.552. The summed E-state index contributed by atoms with van der Waals surface area (Å²) >= 11 is 0. The summed E-state index contributed by atoms with van der Waals surface area (Å²) in [5.41, 5.74) is 0.492. The van der Waals surface area contributed by atoms with Crippen molar-refractivity contribution in [1.82, 2.24) is 6.15 Å². The van der Waals surface area contributed by atoms with Crippen LogP contribution in [-0.2, 0) is 6.42 Å². The number of aliphatic hydroxyl groups excluding tert-OH is 1. The lowest BCUT2D eigenvalue weighted by Gasteiger charge is -2.07. The molecule has 0 aliphatic rings. The van der Waals surface area contributed by atoms with E-state index in [0.717, 1.165) is 0 Å². The standard InChI is InChI=1S/C10H13NO4.H3N/c1-7(12)5-8-6-9(15-2)3-4-10(8)11(13)14;/h3-4,6-7,12H,5H2,1-2H3;1H3. The highest BCUT2D eigenvalue weighted by molar-refractivity contribution is 5.45. The van der Waals surface area contributed by atoms with Crippen LogP contribution in [0.25, 0.3) is 0 Å². The number of methoxy groups -OCH3 is 1. The number of hydrogen-bond donors (Lipinski definition) is 2. The molecule has 0 saturated carbocycles. The Morgan fingerprint density at radius 2 is 2.19 bits per heavy atom. The minimum atomic E-state index is -0.615. The third-order valence-electron chi connectivity index (χ3n) is 2.00. The molecule has 6 heteroatoms. The second-order valence-corrected chi connectivity index (χ2v) is 3.30. The smallest absolute Gasteiger partial charge is 0.272 e. The topological polar surface area (TPSA) is 108 Å². The van der Waals surface area contributed by atoms with Crippen LogP contribution >= 0.6 is 0 Å². The molecule has 0 spiro atoms. The third kappa shape index (κ3) is 3.48. The average Bonchev–Trinajstić information content (AvgIpc) is 2.16. The first-order valence-electron chi connectivity index (χ1n) is 4.54. The van der Waals surface area contributed by atoms with Crippen molar-refractivity contribution in [2.24, 2.45) is 0 Å². The van der Waals surface area contributed by atoms with Crippen LogP contribution in [0.3, 0.4) is 0 Å². The number of benzene rings is 1. The highest BCUT2D eigenvalue weighted by atomic mass is 16.6. The van der Waals surface area contributed by atoms with E-state index in [1.165, 1.54) is 19.2 Å². The third-order valence-corrected chi connectivity index (χ3v) is 2.00. The molecule has 0 aliphatic carbocycles. The normalized spacial score (nSPS) is 11.4. The lowest BCUT2D eigenvalue weighted by molar-refractivity contribution is -0.385. The minimum Gasteiger partial charge on any atom is -0.497 e. The van der Waals surface area contributed by atoms with E-state index < -0.39 is 11.0 Å². The van der Waals surface area contributed by atoms with Crippen LogP contribution in [0.15, 0.2) is 18.2 Å². The molecule has 1 unspecified atom stereocenters. The molecule has 1 rings (SSSR count). The molecule has 1 aromatic carbocycles. The largest absolute Gasteiger partial charge is 0.497 e. The van der Waals surface area contributed by atoms with Gasteiger partial charge in [-0.25, -0.2) is 0 Å². The number of nitro groups is 1. The van der Waals surface area contributed by atoms with Gasteiger partial charge in [-0.05, 0) is 19.1 Å². The second kappa shape index (κ2) is 6.04. The molecule has 0 aromatic heterocycles. The van der Waals surface area contributed by atoms with E-state index in [0.29, 0.717) is 11.3 Å². The van der Waals surface area contributed by atoms with Gasteiger partial charge in [0.25, 0.3) is 5.69 Å². The Bertz CT molecular complexity index is 366. The maximum Gasteiger partial charge on any atom is 0.272 e. The van der Waals surface area contributed by atoms with Crippen molar-refractivity contribution in [2.75, 3.05) is 7.11 Å². The zero-order chi connectivity index (χ0) is 11.4. The Morgan fingerprint density at radius 3 is 2.62 bits per heavy atom. The molecule has 1 atom stereocenters. The van der Waals surface area contributed by atoms with E-state index in [1.807, 2.05) is 0 Å². The van der Waals surface area contributed by atoms with Gasteiger partial charge in [-0.15, -0.1) is 0 Å². The summed E-state index contributed by atoms with van der Waals surface area (Å²) in [5, 5.41) is 19.9. The van der Waals surface area contributed by atoms with Crippen molar-refractivity contribution in [2.45, 2.75) is 19.4 Å². The van der Waals surface area contributed by atoms with Gasteiger partial charge in [-0.1, -0.05) is 0 Å². The van der Waals surface area contributed by atoms with Crippen LogP contribution in [0.1, 0.15) is 12.5 Å². The lowest BCUT2D eigenvalue weighted by Crippen LogP contribution is -2.06. The van der Waals surface area contributed by atoms with E-state index in [9.17, 15) is 15.2 Å². The van der Waals surface area contributed by atoms with Crippen molar-refractivity contribution in [3.8, 4) is 5.75 Å². The SMILES string of the molecule is COc1ccc([N+](=O)[O-])c(CC(C)O)c1.N. The van der Waals surface area contributed by atoms with Gasteiger partial charge in [0.2, 0.25) is 0 Å².